The third kappa shape index (κ3) is 2.20. The van der Waals surface area contributed by atoms with Crippen molar-refractivity contribution in [3.8, 4) is 0 Å². The Morgan fingerprint density at radius 2 is 2.33 bits per heavy atom. The Morgan fingerprint density at radius 3 is 2.93 bits per heavy atom. The highest BCUT2D eigenvalue weighted by Gasteiger charge is 2.21. The minimum Gasteiger partial charge on any atom is -0.397 e. The van der Waals surface area contributed by atoms with E-state index in [0.717, 1.165) is 17.2 Å². The van der Waals surface area contributed by atoms with Crippen LogP contribution in [-0.4, -0.2) is 29.6 Å². The number of pyridine rings is 1. The van der Waals surface area contributed by atoms with Gasteiger partial charge >= 0.3 is 0 Å². The maximum atomic E-state index is 5.76. The van der Waals surface area contributed by atoms with Crippen LogP contribution in [0.1, 0.15) is 12.1 Å². The Morgan fingerprint density at radius 1 is 1.53 bits per heavy atom. The quantitative estimate of drug-likeness (QED) is 0.831. The molecule has 0 aromatic carbocycles. The summed E-state index contributed by atoms with van der Waals surface area (Å²) in [6, 6.07) is 4.58. The fraction of sp³-hybridized carbons (Fsp3) is 0.545. The number of nitrogens with zero attached hydrogens (tertiary/aromatic N) is 2. The van der Waals surface area contributed by atoms with Gasteiger partial charge in [0.15, 0.2) is 0 Å². The van der Waals surface area contributed by atoms with Gasteiger partial charge in [0.25, 0.3) is 0 Å². The summed E-state index contributed by atoms with van der Waals surface area (Å²) in [5.74, 6) is 3.51. The zero-order valence-corrected chi connectivity index (χ0v) is 10.0. The van der Waals surface area contributed by atoms with Gasteiger partial charge in [0.2, 0.25) is 0 Å². The lowest BCUT2D eigenvalue weighted by atomic mass is 10.2. The first kappa shape index (κ1) is 10.6. The summed E-state index contributed by atoms with van der Waals surface area (Å²) < 4.78 is 0. The molecule has 0 bridgehead atoms. The van der Waals surface area contributed by atoms with Gasteiger partial charge in [0.1, 0.15) is 5.82 Å². The van der Waals surface area contributed by atoms with Crippen molar-refractivity contribution >= 4 is 23.3 Å². The first-order valence-electron chi connectivity index (χ1n) is 5.22. The minimum atomic E-state index is 0.630. The Labute approximate surface area is 95.1 Å². The van der Waals surface area contributed by atoms with Crippen LogP contribution in [0.25, 0.3) is 0 Å². The SMILES string of the molecule is Cc1nc(N(C)C2CCSC2)ccc1N. The summed E-state index contributed by atoms with van der Waals surface area (Å²) in [6.45, 7) is 1.95. The number of aromatic nitrogens is 1. The Bertz CT molecular complexity index is 348. The molecule has 82 valence electrons. The molecule has 1 atom stereocenters. The van der Waals surface area contributed by atoms with Crippen molar-refractivity contribution in [2.24, 2.45) is 0 Å². The molecule has 1 aromatic rings. The number of rotatable bonds is 2. The van der Waals surface area contributed by atoms with Crippen LogP contribution < -0.4 is 10.6 Å². The average molecular weight is 223 g/mol. The molecule has 2 N–H and O–H groups in total. The molecule has 0 amide bonds. The lowest BCUT2D eigenvalue weighted by Crippen LogP contribution is -2.32. The number of anilines is 2. The second kappa shape index (κ2) is 4.31. The Kier molecular flexibility index (Phi) is 3.05. The van der Waals surface area contributed by atoms with E-state index in [9.17, 15) is 0 Å². The molecule has 1 aliphatic rings. The average Bonchev–Trinajstić information content (AvgIpc) is 2.74. The topological polar surface area (TPSA) is 42.2 Å². The zero-order chi connectivity index (χ0) is 10.8. The van der Waals surface area contributed by atoms with E-state index >= 15 is 0 Å². The van der Waals surface area contributed by atoms with Crippen LogP contribution in [0, 0.1) is 6.92 Å². The van der Waals surface area contributed by atoms with Crippen LogP contribution in [0.15, 0.2) is 12.1 Å². The van der Waals surface area contributed by atoms with E-state index in [0.29, 0.717) is 6.04 Å². The van der Waals surface area contributed by atoms with Gasteiger partial charge in [-0.1, -0.05) is 0 Å². The lowest BCUT2D eigenvalue weighted by Gasteiger charge is -2.25. The Hall–Kier alpha value is -0.900. The summed E-state index contributed by atoms with van der Waals surface area (Å²) in [7, 11) is 2.12. The monoisotopic (exact) mass is 223 g/mol. The van der Waals surface area contributed by atoms with E-state index < -0.39 is 0 Å². The first-order chi connectivity index (χ1) is 7.18. The smallest absolute Gasteiger partial charge is 0.128 e. The highest BCUT2D eigenvalue weighted by molar-refractivity contribution is 7.99. The van der Waals surface area contributed by atoms with Gasteiger partial charge in [-0.15, -0.1) is 0 Å². The molecule has 0 saturated carbocycles. The third-order valence-corrected chi connectivity index (χ3v) is 4.07. The normalized spacial score (nSPS) is 20.5. The number of hydrogen-bond donors (Lipinski definition) is 1. The van der Waals surface area contributed by atoms with Crippen molar-refractivity contribution in [2.45, 2.75) is 19.4 Å². The van der Waals surface area contributed by atoms with Gasteiger partial charge in [-0.05, 0) is 31.2 Å². The van der Waals surface area contributed by atoms with E-state index in [1.807, 2.05) is 30.8 Å². The predicted molar refractivity (Wildman–Crippen MR) is 67.5 cm³/mol. The van der Waals surface area contributed by atoms with E-state index in [1.54, 1.807) is 0 Å². The van der Waals surface area contributed by atoms with Crippen LogP contribution in [0.5, 0.6) is 0 Å². The zero-order valence-electron chi connectivity index (χ0n) is 9.23. The second-order valence-electron chi connectivity index (χ2n) is 3.97. The summed E-state index contributed by atoms with van der Waals surface area (Å²) >= 11 is 2.02. The van der Waals surface area contributed by atoms with Crippen molar-refractivity contribution in [3.05, 3.63) is 17.8 Å². The molecular formula is C11H17N3S. The summed E-state index contributed by atoms with van der Waals surface area (Å²) in [5, 5.41) is 0. The number of aryl methyl sites for hydroxylation is 1. The van der Waals surface area contributed by atoms with Gasteiger partial charge in [-0.25, -0.2) is 4.98 Å². The van der Waals surface area contributed by atoms with Crippen molar-refractivity contribution in [2.75, 3.05) is 29.2 Å². The van der Waals surface area contributed by atoms with Gasteiger partial charge in [-0.2, -0.15) is 11.8 Å². The van der Waals surface area contributed by atoms with E-state index in [-0.39, 0.29) is 0 Å². The van der Waals surface area contributed by atoms with Crippen molar-refractivity contribution in [1.82, 2.24) is 4.98 Å². The fourth-order valence-electron chi connectivity index (χ4n) is 1.77. The van der Waals surface area contributed by atoms with Gasteiger partial charge < -0.3 is 10.6 Å². The van der Waals surface area contributed by atoms with Gasteiger partial charge in [0, 0.05) is 18.8 Å². The maximum Gasteiger partial charge on any atom is 0.128 e. The molecule has 3 nitrogen and oxygen atoms in total. The fourth-order valence-corrected chi connectivity index (χ4v) is 3.04. The molecule has 2 heterocycles. The molecule has 1 saturated heterocycles. The second-order valence-corrected chi connectivity index (χ2v) is 5.12. The molecule has 1 aliphatic heterocycles. The number of nitrogen functional groups attached to an aromatic ring is 1. The predicted octanol–water partition coefficient (Wildman–Crippen LogP) is 1.91. The summed E-state index contributed by atoms with van der Waals surface area (Å²) in [4.78, 5) is 6.78. The largest absolute Gasteiger partial charge is 0.397 e. The minimum absolute atomic E-state index is 0.630. The van der Waals surface area contributed by atoms with E-state index in [1.165, 1.54) is 17.9 Å². The van der Waals surface area contributed by atoms with Crippen LogP contribution in [-0.2, 0) is 0 Å². The Balaban J connectivity index is 2.17. The molecule has 0 spiro atoms. The van der Waals surface area contributed by atoms with Gasteiger partial charge in [0.05, 0.1) is 11.4 Å². The molecule has 0 radical (unpaired) electrons. The maximum absolute atomic E-state index is 5.76. The van der Waals surface area contributed by atoms with Crippen molar-refractivity contribution in [1.29, 1.82) is 0 Å². The summed E-state index contributed by atoms with van der Waals surface area (Å²) in [5.41, 5.74) is 7.45. The number of thioether (sulfide) groups is 1. The van der Waals surface area contributed by atoms with Crippen LogP contribution >= 0.6 is 11.8 Å². The molecule has 1 aromatic heterocycles. The van der Waals surface area contributed by atoms with Crippen molar-refractivity contribution in [3.63, 3.8) is 0 Å². The first-order valence-corrected chi connectivity index (χ1v) is 6.37. The van der Waals surface area contributed by atoms with Gasteiger partial charge in [-0.3, -0.25) is 0 Å². The van der Waals surface area contributed by atoms with Crippen LogP contribution in [0.4, 0.5) is 11.5 Å². The summed E-state index contributed by atoms with van der Waals surface area (Å²) in [6.07, 6.45) is 1.26. The molecule has 0 aliphatic carbocycles. The van der Waals surface area contributed by atoms with E-state index in [4.69, 9.17) is 5.73 Å². The molecule has 2 rings (SSSR count). The lowest BCUT2D eigenvalue weighted by molar-refractivity contribution is 0.691. The van der Waals surface area contributed by atoms with E-state index in [2.05, 4.69) is 16.9 Å². The highest BCUT2D eigenvalue weighted by Crippen LogP contribution is 2.25. The third-order valence-electron chi connectivity index (χ3n) is 2.93. The van der Waals surface area contributed by atoms with Crippen LogP contribution in [0.3, 0.4) is 0 Å². The number of nitrogens with two attached hydrogens (primary N) is 1. The molecule has 4 heteroatoms. The molecular weight excluding hydrogens is 206 g/mol. The van der Waals surface area contributed by atoms with Crippen LogP contribution in [0.2, 0.25) is 0 Å². The molecule has 1 unspecified atom stereocenters. The molecule has 15 heavy (non-hydrogen) atoms. The van der Waals surface area contributed by atoms with Crippen molar-refractivity contribution < 1.29 is 0 Å². The highest BCUT2D eigenvalue weighted by atomic mass is 32.2. The molecule has 1 fully saturated rings. The number of hydrogen-bond acceptors (Lipinski definition) is 4. The standard InChI is InChI=1S/C11H17N3S/c1-8-10(12)3-4-11(13-8)14(2)9-5-6-15-7-9/h3-4,9H,5-7,12H2,1-2H3.